The summed E-state index contributed by atoms with van der Waals surface area (Å²) in [5.41, 5.74) is 0.794. The van der Waals surface area contributed by atoms with Crippen molar-refractivity contribution in [2.24, 2.45) is 16.7 Å². The molecule has 1 aliphatic rings. The second-order valence-electron chi connectivity index (χ2n) is 8.72. The number of rotatable bonds is 6. The number of likely N-dealkylation sites (tertiary alicyclic amines) is 1. The number of thiazole rings is 1. The van der Waals surface area contributed by atoms with Crippen molar-refractivity contribution in [3.63, 3.8) is 0 Å². The second kappa shape index (κ2) is 11.9. The molecule has 2 heterocycles. The fraction of sp³-hybridized carbons (Fsp3) is 0.591. The van der Waals surface area contributed by atoms with Gasteiger partial charge in [0.15, 0.2) is 5.34 Å². The van der Waals surface area contributed by atoms with Crippen LogP contribution in [0.2, 0.25) is 5.02 Å². The van der Waals surface area contributed by atoms with Gasteiger partial charge in [-0.1, -0.05) is 32.4 Å². The van der Waals surface area contributed by atoms with Crippen molar-refractivity contribution in [2.45, 2.75) is 53.2 Å². The minimum Gasteiger partial charge on any atom is -0.434 e. The van der Waals surface area contributed by atoms with Crippen LogP contribution in [0.1, 0.15) is 51.5 Å². The summed E-state index contributed by atoms with van der Waals surface area (Å²) in [7, 11) is 1.20. The van der Waals surface area contributed by atoms with E-state index in [4.69, 9.17) is 16.5 Å². The molecule has 0 amide bonds. The first kappa shape index (κ1) is 26.4. The molecule has 2 unspecified atom stereocenters. The maximum Gasteiger partial charge on any atom is 0.387 e. The van der Waals surface area contributed by atoms with Gasteiger partial charge in [0.05, 0.1) is 5.56 Å². The zero-order valence-electron chi connectivity index (χ0n) is 19.0. The molecule has 1 fully saturated rings. The van der Waals surface area contributed by atoms with E-state index in [0.29, 0.717) is 26.9 Å². The quantitative estimate of drug-likeness (QED) is 0.317. The molecule has 1 aliphatic heterocycles. The Balaban J connectivity index is 0.000000837. The highest BCUT2D eigenvalue weighted by Crippen LogP contribution is 2.40. The van der Waals surface area contributed by atoms with E-state index >= 15 is 0 Å². The first-order valence-corrected chi connectivity index (χ1v) is 11.6. The minimum atomic E-state index is -2.89. The lowest BCUT2D eigenvalue weighted by Crippen LogP contribution is -2.41. The third-order valence-electron chi connectivity index (χ3n) is 5.62. The van der Waals surface area contributed by atoms with E-state index < -0.39 is 6.61 Å². The fourth-order valence-corrected chi connectivity index (χ4v) is 4.91. The zero-order chi connectivity index (χ0) is 23.9. The summed E-state index contributed by atoms with van der Waals surface area (Å²) >= 11 is 7.59. The van der Waals surface area contributed by atoms with Gasteiger partial charge < -0.3 is 9.57 Å². The zero-order valence-corrected chi connectivity index (χ0v) is 20.6. The Hall–Kier alpha value is -1.84. The SMILES string of the molecule is CC(c1cnc(-c2cc(Cl)ccc2OC(F)F)s1)N1CCCC(C(C)(C)C)C1.CON=O. The van der Waals surface area contributed by atoms with Crippen LogP contribution in [-0.2, 0) is 4.84 Å². The monoisotopic (exact) mass is 489 g/mol. The number of ether oxygens (including phenoxy) is 1. The number of nitrogens with zero attached hydrogens (tertiary/aromatic N) is 3. The summed E-state index contributed by atoms with van der Waals surface area (Å²) < 4.78 is 30.2. The summed E-state index contributed by atoms with van der Waals surface area (Å²) in [6.45, 7) is 8.35. The Morgan fingerprint density at radius 1 is 1.34 bits per heavy atom. The molecule has 1 saturated heterocycles. The van der Waals surface area contributed by atoms with E-state index in [2.05, 4.69) is 47.2 Å². The van der Waals surface area contributed by atoms with Crippen molar-refractivity contribution < 1.29 is 18.4 Å². The van der Waals surface area contributed by atoms with Crippen LogP contribution in [0.25, 0.3) is 10.6 Å². The van der Waals surface area contributed by atoms with Crippen molar-refractivity contribution >= 4 is 22.9 Å². The Morgan fingerprint density at radius 2 is 2.03 bits per heavy atom. The molecule has 0 saturated carbocycles. The van der Waals surface area contributed by atoms with Crippen LogP contribution in [-0.4, -0.2) is 36.7 Å². The molecule has 0 aliphatic carbocycles. The Kier molecular flexibility index (Phi) is 9.79. The molecule has 1 aromatic carbocycles. The molecule has 0 radical (unpaired) electrons. The molecule has 6 nitrogen and oxygen atoms in total. The van der Waals surface area contributed by atoms with Gasteiger partial charge in [0.2, 0.25) is 0 Å². The maximum atomic E-state index is 12.7. The normalized spacial score (nSPS) is 18.0. The van der Waals surface area contributed by atoms with Gasteiger partial charge in [0, 0.05) is 28.7 Å². The third kappa shape index (κ3) is 7.35. The summed E-state index contributed by atoms with van der Waals surface area (Å²) in [4.78, 5) is 20.4. The molecular weight excluding hydrogens is 460 g/mol. The van der Waals surface area contributed by atoms with Crippen molar-refractivity contribution in [2.75, 3.05) is 20.2 Å². The summed E-state index contributed by atoms with van der Waals surface area (Å²) in [6.07, 6.45) is 4.30. The second-order valence-corrected chi connectivity index (χ2v) is 10.2. The minimum absolute atomic E-state index is 0.0960. The largest absolute Gasteiger partial charge is 0.434 e. The molecule has 0 N–H and O–H groups in total. The molecule has 10 heteroatoms. The van der Waals surface area contributed by atoms with E-state index in [0.717, 1.165) is 18.0 Å². The van der Waals surface area contributed by atoms with Crippen LogP contribution in [0.3, 0.4) is 0 Å². The van der Waals surface area contributed by atoms with Gasteiger partial charge in [-0.3, -0.25) is 4.90 Å². The standard InChI is InChI=1S/C21H27ClF2N2OS.CH3NO2/c1-13(26-9-5-6-14(12-26)21(2,3)4)18-11-25-19(28-18)16-10-15(22)7-8-17(16)27-20(23)24;1-4-2-3/h7-8,10-11,13-14,20H,5-6,9,12H2,1-4H3;1H3. The molecule has 3 rings (SSSR count). The van der Waals surface area contributed by atoms with Crippen molar-refractivity contribution in [3.8, 4) is 16.3 Å². The van der Waals surface area contributed by atoms with Gasteiger partial charge in [0.25, 0.3) is 0 Å². The van der Waals surface area contributed by atoms with Crippen molar-refractivity contribution in [1.82, 2.24) is 9.88 Å². The molecule has 2 atom stereocenters. The highest BCUT2D eigenvalue weighted by molar-refractivity contribution is 7.15. The Morgan fingerprint density at radius 3 is 2.62 bits per heavy atom. The van der Waals surface area contributed by atoms with Crippen LogP contribution in [0.4, 0.5) is 8.78 Å². The molecule has 2 aromatic rings. The number of halogens is 3. The molecule has 32 heavy (non-hydrogen) atoms. The van der Waals surface area contributed by atoms with Crippen LogP contribution < -0.4 is 4.74 Å². The van der Waals surface area contributed by atoms with Gasteiger partial charge in [-0.25, -0.2) is 4.98 Å². The van der Waals surface area contributed by atoms with Gasteiger partial charge in [-0.2, -0.15) is 8.78 Å². The van der Waals surface area contributed by atoms with E-state index in [-0.39, 0.29) is 11.8 Å². The molecule has 0 spiro atoms. The average molecular weight is 490 g/mol. The van der Waals surface area contributed by atoms with Gasteiger partial charge in [-0.15, -0.1) is 16.2 Å². The van der Waals surface area contributed by atoms with Crippen LogP contribution in [0.5, 0.6) is 5.75 Å². The third-order valence-corrected chi connectivity index (χ3v) is 7.06. The van der Waals surface area contributed by atoms with E-state index in [1.165, 1.54) is 37.4 Å². The number of alkyl halides is 2. The number of hydrogen-bond acceptors (Lipinski definition) is 7. The smallest absolute Gasteiger partial charge is 0.387 e. The lowest BCUT2D eigenvalue weighted by molar-refractivity contribution is -0.0494. The van der Waals surface area contributed by atoms with Gasteiger partial charge in [-0.05, 0) is 55.8 Å². The molecule has 178 valence electrons. The number of piperidine rings is 1. The van der Waals surface area contributed by atoms with Gasteiger partial charge in [0.1, 0.15) is 17.9 Å². The summed E-state index contributed by atoms with van der Waals surface area (Å²) in [5.74, 6) is 0.758. The number of benzene rings is 1. The van der Waals surface area contributed by atoms with Crippen molar-refractivity contribution in [1.29, 1.82) is 0 Å². The first-order valence-electron chi connectivity index (χ1n) is 10.4. The average Bonchev–Trinajstić information content (AvgIpc) is 3.24. The topological polar surface area (TPSA) is 64.0 Å². The van der Waals surface area contributed by atoms with Crippen LogP contribution >= 0.6 is 22.9 Å². The predicted molar refractivity (Wildman–Crippen MR) is 124 cm³/mol. The highest BCUT2D eigenvalue weighted by Gasteiger charge is 2.32. The maximum absolute atomic E-state index is 12.7. The number of hydrogen-bond donors (Lipinski definition) is 0. The predicted octanol–water partition coefficient (Wildman–Crippen LogP) is 7.20. The van der Waals surface area contributed by atoms with Crippen LogP contribution in [0.15, 0.2) is 29.7 Å². The molecular formula is C22H30ClF2N3O3S. The van der Waals surface area contributed by atoms with Crippen LogP contribution in [0, 0.1) is 16.2 Å². The lowest BCUT2D eigenvalue weighted by Gasteiger charge is -2.42. The van der Waals surface area contributed by atoms with Gasteiger partial charge >= 0.3 is 6.61 Å². The Bertz CT molecular complexity index is 876. The number of aromatic nitrogens is 1. The summed E-state index contributed by atoms with van der Waals surface area (Å²) in [5, 5.41) is 3.09. The fourth-order valence-electron chi connectivity index (χ4n) is 3.72. The van der Waals surface area contributed by atoms with E-state index in [9.17, 15) is 8.78 Å². The Labute approximate surface area is 196 Å². The van der Waals surface area contributed by atoms with E-state index in [1.54, 1.807) is 12.1 Å². The highest BCUT2D eigenvalue weighted by atomic mass is 35.5. The molecule has 1 aromatic heterocycles. The summed E-state index contributed by atoms with van der Waals surface area (Å²) in [6, 6.07) is 4.87. The first-order chi connectivity index (χ1) is 15.1. The lowest BCUT2D eigenvalue weighted by atomic mass is 9.76. The van der Waals surface area contributed by atoms with Crippen molar-refractivity contribution in [3.05, 3.63) is 39.2 Å². The molecule has 0 bridgehead atoms. The van der Waals surface area contributed by atoms with E-state index in [1.807, 2.05) is 11.5 Å².